The van der Waals surface area contributed by atoms with Gasteiger partial charge in [-0.1, -0.05) is 13.0 Å². The van der Waals surface area contributed by atoms with Crippen molar-refractivity contribution < 1.29 is 4.79 Å². The number of fused-ring (bicyclic) bond motifs is 2. The molecule has 0 unspecified atom stereocenters. The lowest BCUT2D eigenvalue weighted by Crippen LogP contribution is -2.09. The van der Waals surface area contributed by atoms with Gasteiger partial charge < -0.3 is 10.3 Å². The van der Waals surface area contributed by atoms with Crippen LogP contribution in [0.5, 0.6) is 0 Å². The molecule has 170 valence electrons. The van der Waals surface area contributed by atoms with E-state index in [1.807, 2.05) is 30.3 Å². The van der Waals surface area contributed by atoms with Gasteiger partial charge in [-0.05, 0) is 24.3 Å². The van der Waals surface area contributed by atoms with Gasteiger partial charge in [0, 0.05) is 47.9 Å². The molecule has 1 amide bonds. The molecule has 0 aliphatic heterocycles. The highest BCUT2D eigenvalue weighted by Gasteiger charge is 2.17. The molecule has 0 bridgehead atoms. The Labute approximate surface area is 198 Å². The molecule has 0 aliphatic carbocycles. The summed E-state index contributed by atoms with van der Waals surface area (Å²) in [6.45, 7) is 1.80. The fraction of sp³-hybridized carbons (Fsp3) is 0.0800. The molecule has 0 aromatic carbocycles. The van der Waals surface area contributed by atoms with Crippen LogP contribution in [0.25, 0.3) is 56.0 Å². The van der Waals surface area contributed by atoms with E-state index in [0.29, 0.717) is 29.3 Å². The molecule has 6 rings (SSSR count). The number of rotatable bonds is 5. The van der Waals surface area contributed by atoms with Crippen LogP contribution in [-0.2, 0) is 4.79 Å². The molecule has 6 aromatic rings. The van der Waals surface area contributed by atoms with Gasteiger partial charge in [-0.25, -0.2) is 9.97 Å². The lowest BCUT2D eigenvalue weighted by Gasteiger charge is -2.06. The Morgan fingerprint density at radius 2 is 1.89 bits per heavy atom. The van der Waals surface area contributed by atoms with Gasteiger partial charge in [0.05, 0.1) is 34.7 Å². The Morgan fingerprint density at radius 3 is 2.74 bits per heavy atom. The number of amides is 1. The number of aromatic nitrogens is 8. The van der Waals surface area contributed by atoms with Crippen LogP contribution < -0.4 is 5.32 Å². The molecule has 0 atom stereocenters. The third kappa shape index (κ3) is 3.76. The second-order valence-electron chi connectivity index (χ2n) is 7.94. The molecule has 10 heteroatoms. The molecule has 3 N–H and O–H groups in total. The van der Waals surface area contributed by atoms with Crippen LogP contribution >= 0.6 is 0 Å². The van der Waals surface area contributed by atoms with Gasteiger partial charge >= 0.3 is 0 Å². The molecule has 35 heavy (non-hydrogen) atoms. The van der Waals surface area contributed by atoms with Gasteiger partial charge in [-0.15, -0.1) is 0 Å². The van der Waals surface area contributed by atoms with Crippen LogP contribution in [0.1, 0.15) is 13.3 Å². The van der Waals surface area contributed by atoms with Crippen molar-refractivity contribution in [3.8, 4) is 33.9 Å². The van der Waals surface area contributed by atoms with Crippen molar-refractivity contribution in [3.63, 3.8) is 0 Å². The van der Waals surface area contributed by atoms with Crippen molar-refractivity contribution in [1.29, 1.82) is 0 Å². The number of carbonyl (C=O) groups is 1. The number of pyridine rings is 4. The largest absolute Gasteiger partial charge is 0.335 e. The second-order valence-corrected chi connectivity index (χ2v) is 7.94. The van der Waals surface area contributed by atoms with E-state index in [4.69, 9.17) is 4.98 Å². The molecule has 10 nitrogen and oxygen atoms in total. The number of hydrogen-bond acceptors (Lipinski definition) is 7. The molecule has 0 saturated heterocycles. The Hall–Kier alpha value is -4.99. The summed E-state index contributed by atoms with van der Waals surface area (Å²) in [5.41, 5.74) is 6.75. The fourth-order valence-corrected chi connectivity index (χ4v) is 3.91. The molecular formula is C25H19N9O. The maximum absolute atomic E-state index is 11.8. The van der Waals surface area contributed by atoms with Crippen LogP contribution in [-0.4, -0.2) is 46.0 Å². The zero-order valence-electron chi connectivity index (χ0n) is 18.6. The van der Waals surface area contributed by atoms with Gasteiger partial charge in [-0.2, -0.15) is 5.10 Å². The van der Waals surface area contributed by atoms with Gasteiger partial charge in [0.15, 0.2) is 11.5 Å². The molecule has 0 radical (unpaired) electrons. The van der Waals surface area contributed by atoms with E-state index in [2.05, 4.69) is 40.4 Å². The van der Waals surface area contributed by atoms with Crippen molar-refractivity contribution in [1.82, 2.24) is 40.1 Å². The van der Waals surface area contributed by atoms with E-state index in [-0.39, 0.29) is 5.91 Å². The minimum Gasteiger partial charge on any atom is -0.335 e. The van der Waals surface area contributed by atoms with Crippen LogP contribution in [0.2, 0.25) is 0 Å². The monoisotopic (exact) mass is 461 g/mol. The lowest BCUT2D eigenvalue weighted by molar-refractivity contribution is -0.115. The zero-order chi connectivity index (χ0) is 23.8. The quantitative estimate of drug-likeness (QED) is 0.346. The number of carbonyl (C=O) groups excluding carboxylic acids is 1. The highest BCUT2D eigenvalue weighted by Crippen LogP contribution is 2.31. The number of hydrogen-bond donors (Lipinski definition) is 3. The molecule has 0 saturated carbocycles. The Kier molecular flexibility index (Phi) is 4.95. The summed E-state index contributed by atoms with van der Waals surface area (Å²) in [4.78, 5) is 37.5. The molecular weight excluding hydrogens is 442 g/mol. The van der Waals surface area contributed by atoms with E-state index in [1.165, 1.54) is 0 Å². The molecule has 6 heterocycles. The van der Waals surface area contributed by atoms with Crippen molar-refractivity contribution >= 4 is 33.7 Å². The first-order valence-corrected chi connectivity index (χ1v) is 11.0. The van der Waals surface area contributed by atoms with E-state index in [0.717, 1.165) is 38.8 Å². The number of imidazole rings is 1. The van der Waals surface area contributed by atoms with Gasteiger partial charge in [0.25, 0.3) is 0 Å². The lowest BCUT2D eigenvalue weighted by atomic mass is 10.1. The van der Waals surface area contributed by atoms with Crippen molar-refractivity contribution in [2.24, 2.45) is 0 Å². The number of aromatic amines is 2. The third-order valence-corrected chi connectivity index (χ3v) is 5.65. The smallest absolute Gasteiger partial charge is 0.224 e. The first-order valence-electron chi connectivity index (χ1n) is 11.0. The van der Waals surface area contributed by atoms with Crippen LogP contribution in [0, 0.1) is 0 Å². The molecule has 0 fully saturated rings. The average molecular weight is 461 g/mol. The second kappa shape index (κ2) is 8.41. The van der Waals surface area contributed by atoms with Crippen molar-refractivity contribution in [3.05, 3.63) is 67.5 Å². The van der Waals surface area contributed by atoms with Gasteiger partial charge in [-0.3, -0.25) is 24.8 Å². The summed E-state index contributed by atoms with van der Waals surface area (Å²) < 4.78 is 0. The summed E-state index contributed by atoms with van der Waals surface area (Å²) in [6, 6.07) is 9.58. The van der Waals surface area contributed by atoms with Crippen molar-refractivity contribution in [2.75, 3.05) is 5.32 Å². The first-order chi connectivity index (χ1) is 17.2. The van der Waals surface area contributed by atoms with E-state index in [9.17, 15) is 4.79 Å². The Balaban J connectivity index is 1.43. The number of H-pyrrole nitrogens is 2. The SMILES string of the molecule is CCC(=O)Nc1cncc(-c2cnc3[nH]nc(-c4nc5c(-c6ccccn6)cncc5[nH]4)c3c2)c1. The average Bonchev–Trinajstić information content (AvgIpc) is 3.53. The summed E-state index contributed by atoms with van der Waals surface area (Å²) in [6.07, 6.45) is 10.7. The van der Waals surface area contributed by atoms with E-state index >= 15 is 0 Å². The first kappa shape index (κ1) is 20.6. The highest BCUT2D eigenvalue weighted by atomic mass is 16.1. The van der Waals surface area contributed by atoms with Crippen LogP contribution in [0.3, 0.4) is 0 Å². The van der Waals surface area contributed by atoms with E-state index in [1.54, 1.807) is 44.1 Å². The van der Waals surface area contributed by atoms with E-state index < -0.39 is 0 Å². The number of anilines is 1. The zero-order valence-corrected chi connectivity index (χ0v) is 18.6. The standard InChI is InChI=1S/C25H19N9O/c1-2-21(35)30-16-7-14(9-26-11-16)15-8-17-23(33-34-24(17)29-10-15)25-31-20-13-27-12-18(22(20)32-25)19-5-3-4-6-28-19/h3-13H,2H2,1H3,(H,30,35)(H,31,32)(H,29,33,34). The normalized spacial score (nSPS) is 11.2. The fourth-order valence-electron chi connectivity index (χ4n) is 3.91. The predicted molar refractivity (Wildman–Crippen MR) is 132 cm³/mol. The van der Waals surface area contributed by atoms with Crippen molar-refractivity contribution in [2.45, 2.75) is 13.3 Å². The molecule has 6 aromatic heterocycles. The Bertz CT molecular complexity index is 1690. The predicted octanol–water partition coefficient (Wildman–Crippen LogP) is 4.37. The van der Waals surface area contributed by atoms with Crippen LogP contribution in [0.15, 0.2) is 67.5 Å². The van der Waals surface area contributed by atoms with Gasteiger partial charge in [0.2, 0.25) is 5.91 Å². The minimum atomic E-state index is -0.0703. The summed E-state index contributed by atoms with van der Waals surface area (Å²) in [5.74, 6) is 0.525. The number of nitrogens with one attached hydrogen (secondary N) is 3. The topological polar surface area (TPSA) is 138 Å². The third-order valence-electron chi connectivity index (χ3n) is 5.65. The Morgan fingerprint density at radius 1 is 1.00 bits per heavy atom. The highest BCUT2D eigenvalue weighted by molar-refractivity contribution is 5.96. The maximum atomic E-state index is 11.8. The molecule has 0 spiro atoms. The minimum absolute atomic E-state index is 0.0703. The van der Waals surface area contributed by atoms with Gasteiger partial charge in [0.1, 0.15) is 11.2 Å². The molecule has 0 aliphatic rings. The summed E-state index contributed by atoms with van der Waals surface area (Å²) in [5, 5.41) is 11.1. The maximum Gasteiger partial charge on any atom is 0.224 e. The summed E-state index contributed by atoms with van der Waals surface area (Å²) in [7, 11) is 0. The van der Waals surface area contributed by atoms with Crippen LogP contribution in [0.4, 0.5) is 5.69 Å². The summed E-state index contributed by atoms with van der Waals surface area (Å²) >= 11 is 0. The number of nitrogens with zero attached hydrogens (tertiary/aromatic N) is 6.